The maximum absolute atomic E-state index is 10.3. The summed E-state index contributed by atoms with van der Waals surface area (Å²) in [5.74, 6) is -1.34. The van der Waals surface area contributed by atoms with Crippen LogP contribution in [-0.2, 0) is 4.79 Å². The van der Waals surface area contributed by atoms with Crippen molar-refractivity contribution in [2.24, 2.45) is 0 Å². The molecule has 0 bridgehead atoms. The molecule has 0 heterocycles. The summed E-state index contributed by atoms with van der Waals surface area (Å²) in [5.41, 5.74) is 0.369. The molecule has 0 spiro atoms. The van der Waals surface area contributed by atoms with Crippen LogP contribution in [0.3, 0.4) is 0 Å². The first-order valence-corrected chi connectivity index (χ1v) is 3.73. The van der Waals surface area contributed by atoms with Gasteiger partial charge in [0.2, 0.25) is 0 Å². The van der Waals surface area contributed by atoms with Crippen molar-refractivity contribution in [1.82, 2.24) is 0 Å². The Hall–Kier alpha value is -1.17. The predicted molar refractivity (Wildman–Crippen MR) is 47.1 cm³/mol. The van der Waals surface area contributed by atoms with Crippen molar-refractivity contribution in [3.8, 4) is 0 Å². The number of carboxylic acids is 1. The third-order valence-corrected chi connectivity index (χ3v) is 1.49. The number of carbonyl (C=O) groups is 1. The van der Waals surface area contributed by atoms with Gasteiger partial charge in [-0.05, 0) is 11.6 Å². The molecule has 6 heteroatoms. The van der Waals surface area contributed by atoms with Gasteiger partial charge in [0.15, 0.2) is 0 Å². The number of nitro groups is 1. The summed E-state index contributed by atoms with van der Waals surface area (Å²) in [6.07, 6.45) is 2.06. The maximum Gasteiger partial charge on any atom is 1.00 e. The molecule has 1 aromatic rings. The Bertz CT molecular complexity index is 403. The van der Waals surface area contributed by atoms with Crippen LogP contribution in [0.15, 0.2) is 30.3 Å². The van der Waals surface area contributed by atoms with E-state index in [0.29, 0.717) is 5.56 Å². The quantitative estimate of drug-likeness (QED) is 0.239. The van der Waals surface area contributed by atoms with E-state index in [2.05, 4.69) is 0 Å². The topological polar surface area (TPSA) is 83.3 Å². The van der Waals surface area contributed by atoms with E-state index >= 15 is 0 Å². The van der Waals surface area contributed by atoms with Crippen LogP contribution in [0.4, 0.5) is 5.69 Å². The second kappa shape index (κ2) is 6.34. The molecule has 0 radical (unpaired) electrons. The van der Waals surface area contributed by atoms with Gasteiger partial charge in [0, 0.05) is 12.1 Å². The zero-order valence-corrected chi connectivity index (χ0v) is 10.0. The van der Waals surface area contributed by atoms with Gasteiger partial charge in [-0.1, -0.05) is 18.2 Å². The number of hydrogen-bond acceptors (Lipinski definition) is 4. The number of nitrogens with zero attached hydrogens (tertiary/aromatic N) is 1. The molecular weight excluding hydrogens is 209 g/mol. The number of carbonyl (C=O) groups excluding carboxylic acids is 1. The largest absolute Gasteiger partial charge is 1.00 e. The van der Waals surface area contributed by atoms with Gasteiger partial charge in [0.25, 0.3) is 5.69 Å². The number of nitro benzene ring substituents is 1. The minimum Gasteiger partial charge on any atom is -0.545 e. The number of aliphatic carboxylic acids is 1. The number of carboxylic acid groups (broad SMARTS) is 1. The van der Waals surface area contributed by atoms with E-state index in [1.54, 1.807) is 6.07 Å². The normalized spacial score (nSPS) is 9.60. The summed E-state index contributed by atoms with van der Waals surface area (Å²) >= 11 is 0. The molecule has 0 aromatic heterocycles. The first kappa shape index (κ1) is 13.8. The molecule has 0 aliphatic carbocycles. The fourth-order valence-corrected chi connectivity index (χ4v) is 0.906. The molecule has 0 saturated heterocycles. The molecule has 0 fully saturated rings. The zero-order valence-electron chi connectivity index (χ0n) is 8.04. The van der Waals surface area contributed by atoms with Crippen molar-refractivity contribution in [3.05, 3.63) is 46.0 Å². The van der Waals surface area contributed by atoms with Crippen molar-refractivity contribution < 1.29 is 44.4 Å². The molecule has 0 aliphatic heterocycles. The molecule has 72 valence electrons. The minimum absolute atomic E-state index is 0. The van der Waals surface area contributed by atoms with Gasteiger partial charge in [-0.15, -0.1) is 0 Å². The van der Waals surface area contributed by atoms with E-state index < -0.39 is 10.9 Å². The molecule has 0 amide bonds. The third-order valence-electron chi connectivity index (χ3n) is 1.49. The summed E-state index contributed by atoms with van der Waals surface area (Å²) in [4.78, 5) is 19.9. The van der Waals surface area contributed by atoms with Gasteiger partial charge in [0.1, 0.15) is 0 Å². The van der Waals surface area contributed by atoms with Crippen LogP contribution in [0.2, 0.25) is 0 Å². The van der Waals surface area contributed by atoms with E-state index in [0.717, 1.165) is 6.08 Å². The smallest absolute Gasteiger partial charge is 0.545 e. The van der Waals surface area contributed by atoms with E-state index in [9.17, 15) is 20.0 Å². The Balaban J connectivity index is 0.00000196. The molecule has 15 heavy (non-hydrogen) atoms. The Labute approximate surface area is 108 Å². The Morgan fingerprint density at radius 2 is 2.07 bits per heavy atom. The molecule has 0 unspecified atom stereocenters. The molecular formula is C9H6NNaO4. The monoisotopic (exact) mass is 215 g/mol. The first-order chi connectivity index (χ1) is 6.59. The minimum atomic E-state index is -1.34. The van der Waals surface area contributed by atoms with Gasteiger partial charge in [-0.25, -0.2) is 0 Å². The number of benzene rings is 1. The van der Waals surface area contributed by atoms with Crippen molar-refractivity contribution in [1.29, 1.82) is 0 Å². The predicted octanol–water partition coefficient (Wildman–Crippen LogP) is -2.64. The molecule has 0 saturated carbocycles. The molecule has 0 atom stereocenters. The van der Waals surface area contributed by atoms with E-state index in [1.807, 2.05) is 0 Å². The maximum atomic E-state index is 10.3. The second-order valence-electron chi connectivity index (χ2n) is 2.50. The summed E-state index contributed by atoms with van der Waals surface area (Å²) in [6, 6.07) is 5.65. The van der Waals surface area contributed by atoms with E-state index in [1.165, 1.54) is 24.3 Å². The summed E-state index contributed by atoms with van der Waals surface area (Å²) in [6.45, 7) is 0. The van der Waals surface area contributed by atoms with Crippen LogP contribution in [-0.4, -0.2) is 10.9 Å². The van der Waals surface area contributed by atoms with Gasteiger partial charge < -0.3 is 9.90 Å². The van der Waals surface area contributed by atoms with Crippen molar-refractivity contribution >= 4 is 17.7 Å². The molecule has 5 nitrogen and oxygen atoms in total. The number of hydrogen-bond donors (Lipinski definition) is 0. The van der Waals surface area contributed by atoms with Crippen molar-refractivity contribution in [2.75, 3.05) is 0 Å². The first-order valence-electron chi connectivity index (χ1n) is 3.73. The zero-order chi connectivity index (χ0) is 10.6. The molecule has 1 aromatic carbocycles. The van der Waals surface area contributed by atoms with Gasteiger partial charge in [0.05, 0.1) is 10.9 Å². The standard InChI is InChI=1S/C9H7NO4.Na/c11-9(12)5-4-7-2-1-3-8(6-7)10(13)14;/h1-6H,(H,11,12);/q;+1/p-1/b5-4+;. The van der Waals surface area contributed by atoms with Crippen LogP contribution in [0.1, 0.15) is 5.56 Å². The molecule has 1 rings (SSSR count). The average Bonchev–Trinajstić information content (AvgIpc) is 2.15. The fraction of sp³-hybridized carbons (Fsp3) is 0. The summed E-state index contributed by atoms with van der Waals surface area (Å²) in [5, 5.41) is 20.4. The number of rotatable bonds is 3. The fourth-order valence-electron chi connectivity index (χ4n) is 0.906. The average molecular weight is 215 g/mol. The Kier molecular flexibility index (Phi) is 5.84. The van der Waals surface area contributed by atoms with E-state index in [4.69, 9.17) is 0 Å². The summed E-state index contributed by atoms with van der Waals surface area (Å²) < 4.78 is 0. The van der Waals surface area contributed by atoms with Gasteiger partial charge >= 0.3 is 29.6 Å². The Morgan fingerprint density at radius 3 is 2.60 bits per heavy atom. The SMILES string of the molecule is O=C([O-])/C=C/c1cccc([N+](=O)[O-])c1.[Na+]. The van der Waals surface area contributed by atoms with Gasteiger partial charge in [-0.2, -0.15) is 0 Å². The van der Waals surface area contributed by atoms with Crippen molar-refractivity contribution in [2.45, 2.75) is 0 Å². The second-order valence-corrected chi connectivity index (χ2v) is 2.50. The van der Waals surface area contributed by atoms with E-state index in [-0.39, 0.29) is 35.2 Å². The van der Waals surface area contributed by atoms with Crippen LogP contribution in [0.25, 0.3) is 6.08 Å². The van der Waals surface area contributed by atoms with Crippen LogP contribution >= 0.6 is 0 Å². The van der Waals surface area contributed by atoms with Crippen LogP contribution in [0, 0.1) is 10.1 Å². The molecule has 0 N–H and O–H groups in total. The molecule has 0 aliphatic rings. The summed E-state index contributed by atoms with van der Waals surface area (Å²) in [7, 11) is 0. The van der Waals surface area contributed by atoms with Crippen LogP contribution < -0.4 is 34.7 Å². The van der Waals surface area contributed by atoms with Crippen molar-refractivity contribution in [3.63, 3.8) is 0 Å². The van der Waals surface area contributed by atoms with Crippen LogP contribution in [0.5, 0.6) is 0 Å². The number of non-ortho nitro benzene ring substituents is 1. The van der Waals surface area contributed by atoms with Gasteiger partial charge in [-0.3, -0.25) is 10.1 Å². The third kappa shape index (κ3) is 4.73. The Morgan fingerprint density at radius 1 is 1.40 bits per heavy atom.